The molecule has 0 aromatic carbocycles. The minimum Gasteiger partial charge on any atom is -0.617 e. The summed E-state index contributed by atoms with van der Waals surface area (Å²) in [6.45, 7) is 6.66. The summed E-state index contributed by atoms with van der Waals surface area (Å²) in [6, 6.07) is 0. The first-order chi connectivity index (χ1) is 8.84. The van der Waals surface area contributed by atoms with Crippen molar-refractivity contribution < 1.29 is 18.1 Å². The molecular weight excluding hydrogens is 296 g/mol. The van der Waals surface area contributed by atoms with E-state index >= 15 is 0 Å². The Balaban J connectivity index is 0. The summed E-state index contributed by atoms with van der Waals surface area (Å²) in [5.41, 5.74) is 0. The van der Waals surface area contributed by atoms with Gasteiger partial charge in [0.25, 0.3) is 0 Å². The highest BCUT2D eigenvalue weighted by Gasteiger charge is 2.28. The zero-order chi connectivity index (χ0) is 16.5. The molecule has 124 valence electrons. The lowest BCUT2D eigenvalue weighted by Gasteiger charge is -2.33. The molecule has 0 aliphatic heterocycles. The first-order valence-corrected chi connectivity index (χ1v) is 11.2. The van der Waals surface area contributed by atoms with Gasteiger partial charge in [-0.1, -0.05) is 38.4 Å². The van der Waals surface area contributed by atoms with Gasteiger partial charge in [0, 0.05) is 12.5 Å². The van der Waals surface area contributed by atoms with Crippen molar-refractivity contribution in [3.05, 3.63) is 0 Å². The second-order valence-corrected chi connectivity index (χ2v) is 10.0. The molecule has 3 atom stereocenters. The molecule has 1 saturated carbocycles. The van der Waals surface area contributed by atoms with Gasteiger partial charge in [-0.25, -0.2) is 8.42 Å². The van der Waals surface area contributed by atoms with Crippen LogP contribution in [0.4, 0.5) is 0 Å². The molecule has 20 heavy (non-hydrogen) atoms. The van der Waals surface area contributed by atoms with Gasteiger partial charge in [0.2, 0.25) is 0 Å². The van der Waals surface area contributed by atoms with E-state index in [4.69, 9.17) is 0 Å². The van der Waals surface area contributed by atoms with Gasteiger partial charge in [0.1, 0.15) is 9.84 Å². The Morgan fingerprint density at radius 3 is 1.80 bits per heavy atom. The Labute approximate surface area is 128 Å². The molecule has 1 rings (SSSR count). The van der Waals surface area contributed by atoms with E-state index in [1.807, 2.05) is 0 Å². The minimum absolute atomic E-state index is 0.0289. The lowest BCUT2D eigenvalue weighted by molar-refractivity contribution is 0.0266. The van der Waals surface area contributed by atoms with E-state index in [0.717, 1.165) is 24.9 Å². The van der Waals surface area contributed by atoms with Gasteiger partial charge in [0.15, 0.2) is 0 Å². The molecule has 0 heterocycles. The molecule has 0 aromatic heterocycles. The third-order valence-corrected chi connectivity index (χ3v) is 2.99. The molecule has 3 unspecified atom stereocenters. The highest BCUT2D eigenvalue weighted by atomic mass is 32.2. The number of aliphatic hydroxyl groups excluding tert-OH is 1. The van der Waals surface area contributed by atoms with Crippen LogP contribution in [0.25, 0.3) is 0 Å². The highest BCUT2D eigenvalue weighted by Crippen LogP contribution is 2.33. The SMILES string of the molecule is CC1CCC(C(C)C)C(O)C1.CS(C)(=O)=O.C[S+](C)[O-]. The third-order valence-electron chi connectivity index (χ3n) is 2.99. The summed E-state index contributed by atoms with van der Waals surface area (Å²) >= 11 is -0.611. The lowest BCUT2D eigenvalue weighted by Crippen LogP contribution is -2.31. The van der Waals surface area contributed by atoms with Crippen molar-refractivity contribution in [3.63, 3.8) is 0 Å². The normalized spacial score (nSPS) is 26.4. The summed E-state index contributed by atoms with van der Waals surface area (Å²) in [5, 5.41) is 9.71. The van der Waals surface area contributed by atoms with E-state index in [-0.39, 0.29) is 6.10 Å². The van der Waals surface area contributed by atoms with E-state index in [2.05, 4.69) is 20.8 Å². The molecule has 1 aliphatic carbocycles. The predicted octanol–water partition coefficient (Wildman–Crippen LogP) is 2.09. The Morgan fingerprint density at radius 1 is 1.20 bits per heavy atom. The minimum atomic E-state index is -2.67. The summed E-state index contributed by atoms with van der Waals surface area (Å²) in [6.07, 6.45) is 9.11. The first kappa shape index (κ1) is 22.5. The lowest BCUT2D eigenvalue weighted by atomic mass is 9.75. The van der Waals surface area contributed by atoms with Crippen LogP contribution in [0.2, 0.25) is 0 Å². The van der Waals surface area contributed by atoms with Gasteiger partial charge in [-0.05, 0) is 30.6 Å². The van der Waals surface area contributed by atoms with Crippen molar-refractivity contribution in [2.45, 2.75) is 46.1 Å². The Hall–Kier alpha value is 0.220. The van der Waals surface area contributed by atoms with Crippen molar-refractivity contribution in [3.8, 4) is 0 Å². The van der Waals surface area contributed by atoms with Crippen LogP contribution < -0.4 is 0 Å². The van der Waals surface area contributed by atoms with E-state index < -0.39 is 21.0 Å². The van der Waals surface area contributed by atoms with Crippen LogP contribution in [0.3, 0.4) is 0 Å². The molecule has 0 bridgehead atoms. The molecule has 0 aromatic rings. The molecule has 4 nitrogen and oxygen atoms in total. The van der Waals surface area contributed by atoms with Crippen molar-refractivity contribution in [1.29, 1.82) is 0 Å². The van der Waals surface area contributed by atoms with Gasteiger partial charge in [0.05, 0.1) is 18.6 Å². The van der Waals surface area contributed by atoms with Crippen LogP contribution in [0.5, 0.6) is 0 Å². The zero-order valence-corrected chi connectivity index (χ0v) is 15.6. The smallest absolute Gasteiger partial charge is 0.144 e. The Morgan fingerprint density at radius 2 is 1.55 bits per heavy atom. The van der Waals surface area contributed by atoms with Gasteiger partial charge < -0.3 is 9.66 Å². The monoisotopic (exact) mass is 328 g/mol. The second-order valence-electron chi connectivity index (χ2n) is 6.28. The van der Waals surface area contributed by atoms with Crippen LogP contribution in [-0.2, 0) is 21.0 Å². The van der Waals surface area contributed by atoms with Crippen molar-refractivity contribution in [2.24, 2.45) is 17.8 Å². The fourth-order valence-electron chi connectivity index (χ4n) is 2.15. The topological polar surface area (TPSA) is 77.4 Å². The summed E-state index contributed by atoms with van der Waals surface area (Å²) in [4.78, 5) is 0. The van der Waals surface area contributed by atoms with Crippen molar-refractivity contribution in [1.82, 2.24) is 0 Å². The largest absolute Gasteiger partial charge is 0.617 e. The maximum absolute atomic E-state index is 9.71. The van der Waals surface area contributed by atoms with Crippen LogP contribution in [-0.4, -0.2) is 49.2 Å². The third kappa shape index (κ3) is 18.2. The number of sulfone groups is 1. The first-order valence-electron chi connectivity index (χ1n) is 6.92. The molecule has 0 saturated heterocycles. The molecule has 6 heteroatoms. The fraction of sp³-hybridized carbons (Fsp3) is 1.00. The standard InChI is InChI=1S/C10H20O.C2H6O2S.C2H6OS/c1-7(2)9-5-4-8(3)6-10(9)11;1-5(2,3)4;1-4(2)3/h7-11H,4-6H2,1-3H3;1-2H3;1-2H3. The number of hydrogen-bond donors (Lipinski definition) is 1. The maximum atomic E-state index is 9.71. The summed E-state index contributed by atoms with van der Waals surface area (Å²) in [5.74, 6) is 1.95. The van der Waals surface area contributed by atoms with Crippen molar-refractivity contribution in [2.75, 3.05) is 25.0 Å². The van der Waals surface area contributed by atoms with Gasteiger partial charge in [-0.2, -0.15) is 0 Å². The highest BCUT2D eigenvalue weighted by molar-refractivity contribution is 7.90. The van der Waals surface area contributed by atoms with Gasteiger partial charge >= 0.3 is 0 Å². The number of hydrogen-bond acceptors (Lipinski definition) is 4. The van der Waals surface area contributed by atoms with E-state index in [0.29, 0.717) is 11.8 Å². The zero-order valence-electron chi connectivity index (χ0n) is 13.9. The predicted molar refractivity (Wildman–Crippen MR) is 88.1 cm³/mol. The molecule has 0 radical (unpaired) electrons. The van der Waals surface area contributed by atoms with E-state index in [1.54, 1.807) is 12.5 Å². The second kappa shape index (κ2) is 10.9. The van der Waals surface area contributed by atoms with Gasteiger partial charge in [-0.15, -0.1) is 0 Å². The number of aliphatic hydroxyl groups is 1. The maximum Gasteiger partial charge on any atom is 0.144 e. The summed E-state index contributed by atoms with van der Waals surface area (Å²) < 4.78 is 28.8. The quantitative estimate of drug-likeness (QED) is 0.748. The van der Waals surface area contributed by atoms with Crippen LogP contribution in [0.15, 0.2) is 0 Å². The molecule has 1 fully saturated rings. The van der Waals surface area contributed by atoms with Crippen molar-refractivity contribution >= 4 is 21.0 Å². The Bertz CT molecular complexity index is 315. The Kier molecular flexibility index (Phi) is 12.2. The number of rotatable bonds is 1. The average molecular weight is 329 g/mol. The van der Waals surface area contributed by atoms with Crippen LogP contribution >= 0.6 is 0 Å². The molecule has 0 amide bonds. The van der Waals surface area contributed by atoms with Crippen LogP contribution in [0.1, 0.15) is 40.0 Å². The molecule has 1 N–H and O–H groups in total. The fourth-order valence-corrected chi connectivity index (χ4v) is 2.15. The average Bonchev–Trinajstić information content (AvgIpc) is 2.12. The summed E-state index contributed by atoms with van der Waals surface area (Å²) in [7, 11) is -2.67. The van der Waals surface area contributed by atoms with E-state index in [9.17, 15) is 18.1 Å². The van der Waals surface area contributed by atoms with Gasteiger partial charge in [-0.3, -0.25) is 0 Å². The molecule has 1 aliphatic rings. The molecular formula is C14H32O4S2. The molecule has 0 spiro atoms. The van der Waals surface area contributed by atoms with Crippen LogP contribution in [0, 0.1) is 17.8 Å². The van der Waals surface area contributed by atoms with E-state index in [1.165, 1.54) is 12.8 Å².